The van der Waals surface area contributed by atoms with E-state index in [1.54, 1.807) is 31.8 Å². The molecular weight excluding hydrogens is 300 g/mol. The fourth-order valence-electron chi connectivity index (χ4n) is 2.21. The summed E-state index contributed by atoms with van der Waals surface area (Å²) in [5.74, 6) is 2.08. The number of nitrogens with one attached hydrogen (secondary N) is 1. The Morgan fingerprint density at radius 2 is 2.00 bits per heavy atom. The van der Waals surface area contributed by atoms with Crippen molar-refractivity contribution in [1.82, 2.24) is 15.0 Å². The minimum Gasteiger partial charge on any atom is -0.497 e. The second-order valence-electron chi connectivity index (χ2n) is 4.68. The molecule has 0 radical (unpaired) electrons. The molecule has 0 saturated heterocycles. The van der Waals surface area contributed by atoms with Crippen molar-refractivity contribution >= 4 is 28.1 Å². The van der Waals surface area contributed by atoms with E-state index in [0.29, 0.717) is 11.5 Å². The Labute approximate surface area is 132 Å². The lowest BCUT2D eigenvalue weighted by atomic mass is 10.2. The number of hydrogen-bond acceptors (Lipinski definition) is 7. The predicted molar refractivity (Wildman–Crippen MR) is 86.8 cm³/mol. The van der Waals surface area contributed by atoms with Crippen LogP contribution in [0.4, 0.5) is 5.82 Å². The second-order valence-corrected chi connectivity index (χ2v) is 5.61. The summed E-state index contributed by atoms with van der Waals surface area (Å²) in [6.45, 7) is 2.05. The highest BCUT2D eigenvalue weighted by atomic mass is 32.1. The molecule has 2 heterocycles. The normalized spacial score (nSPS) is 12.1. The van der Waals surface area contributed by atoms with Crippen LogP contribution in [0.15, 0.2) is 30.0 Å². The van der Waals surface area contributed by atoms with E-state index in [9.17, 15) is 0 Å². The van der Waals surface area contributed by atoms with Crippen molar-refractivity contribution in [1.29, 1.82) is 0 Å². The molecule has 0 bridgehead atoms. The van der Waals surface area contributed by atoms with Gasteiger partial charge in [0.1, 0.15) is 34.2 Å². The van der Waals surface area contributed by atoms with Gasteiger partial charge in [0.2, 0.25) is 0 Å². The zero-order valence-electron chi connectivity index (χ0n) is 12.5. The number of aromatic nitrogens is 3. The van der Waals surface area contributed by atoms with E-state index in [0.717, 1.165) is 21.7 Å². The van der Waals surface area contributed by atoms with Crippen molar-refractivity contribution in [3.05, 3.63) is 35.0 Å². The Morgan fingerprint density at radius 3 is 2.68 bits per heavy atom. The van der Waals surface area contributed by atoms with Crippen molar-refractivity contribution < 1.29 is 9.47 Å². The zero-order valence-corrected chi connectivity index (χ0v) is 13.3. The van der Waals surface area contributed by atoms with Gasteiger partial charge in [-0.2, -0.15) is 0 Å². The van der Waals surface area contributed by atoms with Crippen LogP contribution < -0.4 is 14.8 Å². The highest BCUT2D eigenvalue weighted by molar-refractivity contribution is 7.09. The van der Waals surface area contributed by atoms with Gasteiger partial charge in [-0.25, -0.2) is 15.0 Å². The molecule has 6 nitrogen and oxygen atoms in total. The third-order valence-electron chi connectivity index (χ3n) is 3.31. The molecule has 1 atom stereocenters. The number of benzene rings is 1. The summed E-state index contributed by atoms with van der Waals surface area (Å²) in [4.78, 5) is 13.0. The van der Waals surface area contributed by atoms with E-state index in [1.807, 2.05) is 24.4 Å². The molecule has 1 aromatic carbocycles. The molecule has 0 amide bonds. The lowest BCUT2D eigenvalue weighted by molar-refractivity contribution is 0.397. The topological polar surface area (TPSA) is 69.2 Å². The first kappa shape index (κ1) is 14.5. The number of nitrogens with zero attached hydrogens (tertiary/aromatic N) is 3. The van der Waals surface area contributed by atoms with Crippen molar-refractivity contribution in [2.24, 2.45) is 0 Å². The van der Waals surface area contributed by atoms with Gasteiger partial charge in [0.05, 0.1) is 25.6 Å². The van der Waals surface area contributed by atoms with Crippen LogP contribution in [0.2, 0.25) is 0 Å². The molecule has 0 saturated carbocycles. The Bertz CT molecular complexity index is 777. The Balaban J connectivity index is 2.05. The number of anilines is 1. The van der Waals surface area contributed by atoms with Gasteiger partial charge in [-0.3, -0.25) is 0 Å². The zero-order chi connectivity index (χ0) is 15.5. The van der Waals surface area contributed by atoms with Gasteiger partial charge < -0.3 is 14.8 Å². The van der Waals surface area contributed by atoms with Gasteiger partial charge in [-0.15, -0.1) is 11.3 Å². The first-order chi connectivity index (χ1) is 10.7. The molecule has 0 fully saturated rings. The third kappa shape index (κ3) is 2.67. The molecular formula is C15H16N4O2S. The Kier molecular flexibility index (Phi) is 4.06. The number of ether oxygens (including phenoxy) is 2. The number of fused-ring (bicyclic) bond motifs is 1. The Hall–Kier alpha value is -2.41. The van der Waals surface area contributed by atoms with Crippen LogP contribution in [0.1, 0.15) is 18.0 Å². The summed E-state index contributed by atoms with van der Waals surface area (Å²) in [6.07, 6.45) is 3.32. The second kappa shape index (κ2) is 6.15. The van der Waals surface area contributed by atoms with Gasteiger partial charge in [-0.05, 0) is 13.0 Å². The van der Waals surface area contributed by atoms with E-state index < -0.39 is 0 Å². The first-order valence-corrected chi connectivity index (χ1v) is 7.63. The van der Waals surface area contributed by atoms with Gasteiger partial charge in [0.25, 0.3) is 0 Å². The van der Waals surface area contributed by atoms with Crippen LogP contribution in [-0.2, 0) is 0 Å². The summed E-state index contributed by atoms with van der Waals surface area (Å²) in [6, 6.07) is 3.76. The molecule has 2 aromatic heterocycles. The smallest absolute Gasteiger partial charge is 0.148 e. The fraction of sp³-hybridized carbons (Fsp3) is 0.267. The SMILES string of the molecule is COc1cc(OC)c2ncnc(NC(C)c3nccs3)c2c1. The maximum atomic E-state index is 5.39. The van der Waals surface area contributed by atoms with Crippen LogP contribution in [0.25, 0.3) is 10.9 Å². The molecule has 0 aliphatic heterocycles. The highest BCUT2D eigenvalue weighted by Gasteiger charge is 2.14. The third-order valence-corrected chi connectivity index (χ3v) is 4.27. The largest absolute Gasteiger partial charge is 0.497 e. The summed E-state index contributed by atoms with van der Waals surface area (Å²) in [7, 11) is 3.23. The molecule has 0 spiro atoms. The number of rotatable bonds is 5. The molecule has 1 N–H and O–H groups in total. The van der Waals surface area contributed by atoms with Gasteiger partial charge in [0, 0.05) is 17.6 Å². The van der Waals surface area contributed by atoms with Gasteiger partial charge in [0.15, 0.2) is 0 Å². The number of hydrogen-bond donors (Lipinski definition) is 1. The van der Waals surface area contributed by atoms with Crippen LogP contribution >= 0.6 is 11.3 Å². The van der Waals surface area contributed by atoms with Crippen LogP contribution in [0.5, 0.6) is 11.5 Å². The van der Waals surface area contributed by atoms with E-state index in [2.05, 4.69) is 20.3 Å². The fourth-order valence-corrected chi connectivity index (χ4v) is 2.86. The van der Waals surface area contributed by atoms with E-state index >= 15 is 0 Å². The quantitative estimate of drug-likeness (QED) is 0.779. The molecule has 1 unspecified atom stereocenters. The molecule has 0 aliphatic rings. The van der Waals surface area contributed by atoms with Crippen molar-refractivity contribution in [2.75, 3.05) is 19.5 Å². The highest BCUT2D eigenvalue weighted by Crippen LogP contribution is 2.33. The lowest BCUT2D eigenvalue weighted by Gasteiger charge is -2.15. The predicted octanol–water partition coefficient (Wildman–Crippen LogP) is 3.28. The maximum absolute atomic E-state index is 5.39. The van der Waals surface area contributed by atoms with E-state index in [-0.39, 0.29) is 6.04 Å². The molecule has 3 rings (SSSR count). The van der Waals surface area contributed by atoms with Crippen molar-refractivity contribution in [3.8, 4) is 11.5 Å². The average molecular weight is 316 g/mol. The average Bonchev–Trinajstić information content (AvgIpc) is 3.08. The maximum Gasteiger partial charge on any atom is 0.148 e. The molecule has 3 aromatic rings. The van der Waals surface area contributed by atoms with Crippen molar-refractivity contribution in [2.45, 2.75) is 13.0 Å². The number of thiazole rings is 1. The lowest BCUT2D eigenvalue weighted by Crippen LogP contribution is -2.08. The molecule has 114 valence electrons. The minimum atomic E-state index is 0.0512. The molecule has 7 heteroatoms. The van der Waals surface area contributed by atoms with Crippen LogP contribution in [-0.4, -0.2) is 29.2 Å². The summed E-state index contributed by atoms with van der Waals surface area (Å²) in [5.41, 5.74) is 0.743. The van der Waals surface area contributed by atoms with Crippen LogP contribution in [0.3, 0.4) is 0 Å². The summed E-state index contributed by atoms with van der Waals surface area (Å²) >= 11 is 1.60. The van der Waals surface area contributed by atoms with Crippen molar-refractivity contribution in [3.63, 3.8) is 0 Å². The summed E-state index contributed by atoms with van der Waals surface area (Å²) < 4.78 is 10.7. The van der Waals surface area contributed by atoms with Crippen LogP contribution in [0, 0.1) is 0 Å². The minimum absolute atomic E-state index is 0.0512. The molecule has 0 aliphatic carbocycles. The first-order valence-electron chi connectivity index (χ1n) is 6.75. The molecule has 22 heavy (non-hydrogen) atoms. The number of methoxy groups -OCH3 is 2. The monoisotopic (exact) mass is 316 g/mol. The summed E-state index contributed by atoms with van der Waals surface area (Å²) in [5, 5.41) is 7.18. The van der Waals surface area contributed by atoms with Gasteiger partial charge in [-0.1, -0.05) is 0 Å². The van der Waals surface area contributed by atoms with E-state index in [1.165, 1.54) is 6.33 Å². The standard InChI is InChI=1S/C15H16N4O2S/c1-9(15-16-4-5-22-15)19-14-11-6-10(20-2)7-12(21-3)13(11)17-8-18-14/h4-9H,1-3H3,(H,17,18,19). The Morgan fingerprint density at radius 1 is 1.14 bits per heavy atom. The van der Waals surface area contributed by atoms with E-state index in [4.69, 9.17) is 9.47 Å². The van der Waals surface area contributed by atoms with Gasteiger partial charge >= 0.3 is 0 Å².